The van der Waals surface area contributed by atoms with Gasteiger partial charge in [0.25, 0.3) is 0 Å². The number of halogens is 1. The van der Waals surface area contributed by atoms with Crippen molar-refractivity contribution >= 4 is 18.4 Å². The molecule has 4 heteroatoms. The van der Waals surface area contributed by atoms with Gasteiger partial charge < -0.3 is 10.5 Å². The standard InChI is InChI=1S/C4H9NO2.ClH/c1-2-7-4(6)3-5;/h2-3,5H2,1H3;1H/i5+1;. The third kappa shape index (κ3) is 5.72. The number of hydrogen-bond donors (Lipinski definition) is 1. The molecule has 0 radical (unpaired) electrons. The van der Waals surface area contributed by atoms with Crippen molar-refractivity contribution in [1.29, 1.82) is 0 Å². The van der Waals surface area contributed by atoms with Gasteiger partial charge in [-0.15, -0.1) is 12.4 Å². The lowest BCUT2D eigenvalue weighted by atomic mass is 10.7. The molecule has 0 fully saturated rings. The van der Waals surface area contributed by atoms with E-state index >= 15 is 0 Å². The summed E-state index contributed by atoms with van der Waals surface area (Å²) >= 11 is 0. The monoisotopic (exact) mass is 140 g/mol. The Morgan fingerprint density at radius 2 is 2.25 bits per heavy atom. The SMILES string of the molecule is CCOC(=O)C[15NH2].Cl. The first kappa shape index (κ1) is 10.7. The van der Waals surface area contributed by atoms with Gasteiger partial charge in [-0.1, -0.05) is 0 Å². The predicted molar refractivity (Wildman–Crippen MR) is 32.9 cm³/mol. The first-order valence-corrected chi connectivity index (χ1v) is 2.17. The summed E-state index contributed by atoms with van der Waals surface area (Å²) in [5, 5.41) is 0. The summed E-state index contributed by atoms with van der Waals surface area (Å²) in [6.07, 6.45) is 0. The third-order valence-electron chi connectivity index (χ3n) is 0.472. The molecule has 0 aromatic carbocycles. The summed E-state index contributed by atoms with van der Waals surface area (Å²) in [4.78, 5) is 10.1. The first-order valence-electron chi connectivity index (χ1n) is 2.17. The van der Waals surface area contributed by atoms with E-state index in [0.717, 1.165) is 0 Å². The second-order valence-corrected chi connectivity index (χ2v) is 1.01. The number of carbonyl (C=O) groups is 1. The van der Waals surface area contributed by atoms with Gasteiger partial charge in [0.1, 0.15) is 0 Å². The number of rotatable bonds is 2. The Hall–Kier alpha value is -0.280. The zero-order valence-electron chi connectivity index (χ0n) is 4.72. The molecule has 3 nitrogen and oxygen atoms in total. The van der Waals surface area contributed by atoms with Gasteiger partial charge >= 0.3 is 5.97 Å². The van der Waals surface area contributed by atoms with Gasteiger partial charge in [-0.3, -0.25) is 4.79 Å². The van der Waals surface area contributed by atoms with E-state index in [1.807, 2.05) is 0 Å². The minimum absolute atomic E-state index is 0. The van der Waals surface area contributed by atoms with Crippen LogP contribution in [0.3, 0.4) is 0 Å². The highest BCUT2D eigenvalue weighted by Crippen LogP contribution is 1.69. The van der Waals surface area contributed by atoms with Gasteiger partial charge in [0.05, 0.1) is 13.2 Å². The Kier molecular flexibility index (Phi) is 8.95. The Labute approximate surface area is 54.6 Å². The molecule has 0 aliphatic carbocycles. The summed E-state index contributed by atoms with van der Waals surface area (Å²) in [5.74, 6) is -0.345. The molecule has 0 amide bonds. The van der Waals surface area contributed by atoms with Gasteiger partial charge in [0.2, 0.25) is 0 Å². The molecule has 0 aromatic rings. The Morgan fingerprint density at radius 1 is 1.75 bits per heavy atom. The Balaban J connectivity index is 0. The molecular weight excluding hydrogens is 130 g/mol. The van der Waals surface area contributed by atoms with Crippen LogP contribution < -0.4 is 5.73 Å². The fraction of sp³-hybridized carbons (Fsp3) is 0.750. The van der Waals surface area contributed by atoms with Crippen LogP contribution in [0.4, 0.5) is 0 Å². The first-order chi connectivity index (χ1) is 3.31. The van der Waals surface area contributed by atoms with E-state index in [1.54, 1.807) is 6.92 Å². The van der Waals surface area contributed by atoms with Crippen LogP contribution in [0, 0.1) is 0 Å². The van der Waals surface area contributed by atoms with E-state index in [-0.39, 0.29) is 24.9 Å². The minimum atomic E-state index is -0.345. The molecule has 0 aliphatic heterocycles. The largest absolute Gasteiger partial charge is 0.465 e. The van der Waals surface area contributed by atoms with Crippen molar-refractivity contribution in [2.75, 3.05) is 13.2 Å². The topological polar surface area (TPSA) is 52.3 Å². The fourth-order valence-electron chi connectivity index (χ4n) is 0.220. The van der Waals surface area contributed by atoms with Crippen molar-refractivity contribution in [3.63, 3.8) is 0 Å². The van der Waals surface area contributed by atoms with E-state index in [1.165, 1.54) is 0 Å². The van der Waals surface area contributed by atoms with Crippen LogP contribution in [-0.4, -0.2) is 19.1 Å². The number of esters is 1. The maximum absolute atomic E-state index is 10.1. The van der Waals surface area contributed by atoms with E-state index in [9.17, 15) is 4.79 Å². The quantitative estimate of drug-likeness (QED) is 0.432. The Bertz CT molecular complexity index is 67.1. The molecule has 0 rings (SSSR count). The number of carbonyl (C=O) groups excluding carboxylic acids is 1. The summed E-state index contributed by atoms with van der Waals surface area (Å²) in [5.41, 5.74) is 4.88. The molecule has 0 aromatic heterocycles. The molecule has 0 saturated carbocycles. The predicted octanol–water partition coefficient (Wildman–Crippen LogP) is -0.0700. The third-order valence-corrected chi connectivity index (χ3v) is 0.472. The minimum Gasteiger partial charge on any atom is -0.465 e. The van der Waals surface area contributed by atoms with Crippen LogP contribution in [-0.2, 0) is 9.53 Å². The van der Waals surface area contributed by atoms with Gasteiger partial charge in [0.15, 0.2) is 0 Å². The van der Waals surface area contributed by atoms with Crippen LogP contribution in [0.5, 0.6) is 0 Å². The van der Waals surface area contributed by atoms with Crippen LogP contribution in [0.1, 0.15) is 6.92 Å². The summed E-state index contributed by atoms with van der Waals surface area (Å²) < 4.78 is 4.43. The van der Waals surface area contributed by atoms with Gasteiger partial charge in [-0.25, -0.2) is 0 Å². The highest BCUT2D eigenvalue weighted by Gasteiger charge is 1.91. The van der Waals surface area contributed by atoms with Gasteiger partial charge in [0, 0.05) is 0 Å². The fourth-order valence-corrected chi connectivity index (χ4v) is 0.220. The number of hydrogen-bond acceptors (Lipinski definition) is 3. The highest BCUT2D eigenvalue weighted by molar-refractivity contribution is 5.85. The molecule has 0 atom stereocenters. The number of ether oxygens (including phenoxy) is 1. The normalized spacial score (nSPS) is 7.25. The maximum Gasteiger partial charge on any atom is 0.319 e. The van der Waals surface area contributed by atoms with Crippen LogP contribution in [0.25, 0.3) is 0 Å². The van der Waals surface area contributed by atoms with Crippen LogP contribution >= 0.6 is 12.4 Å². The number of nitrogens with two attached hydrogens (primary N) is 1. The molecule has 0 bridgehead atoms. The maximum atomic E-state index is 10.1. The van der Waals surface area contributed by atoms with Gasteiger partial charge in [-0.2, -0.15) is 0 Å². The lowest BCUT2D eigenvalue weighted by Crippen LogP contribution is -2.16. The molecule has 0 unspecified atom stereocenters. The van der Waals surface area contributed by atoms with Crippen molar-refractivity contribution in [2.24, 2.45) is 5.73 Å². The van der Waals surface area contributed by atoms with E-state index in [4.69, 9.17) is 5.73 Å². The average molecular weight is 141 g/mol. The zero-order valence-corrected chi connectivity index (χ0v) is 5.53. The van der Waals surface area contributed by atoms with Crippen LogP contribution in [0.15, 0.2) is 0 Å². The highest BCUT2D eigenvalue weighted by atomic mass is 35.5. The van der Waals surface area contributed by atoms with E-state index in [0.29, 0.717) is 6.61 Å². The van der Waals surface area contributed by atoms with Crippen molar-refractivity contribution < 1.29 is 9.53 Å². The summed E-state index contributed by atoms with van der Waals surface area (Å²) in [6.45, 7) is 2.14. The molecule has 0 heterocycles. The molecule has 50 valence electrons. The van der Waals surface area contributed by atoms with Crippen molar-refractivity contribution in [2.45, 2.75) is 6.92 Å². The lowest BCUT2D eigenvalue weighted by Gasteiger charge is -1.93. The second kappa shape index (κ2) is 6.72. The molecule has 0 spiro atoms. The Morgan fingerprint density at radius 3 is 2.38 bits per heavy atom. The van der Waals surface area contributed by atoms with Crippen molar-refractivity contribution in [3.05, 3.63) is 0 Å². The molecule has 8 heavy (non-hydrogen) atoms. The zero-order chi connectivity index (χ0) is 5.70. The summed E-state index contributed by atoms with van der Waals surface area (Å²) in [6, 6.07) is 0. The molecule has 2 N–H and O–H groups in total. The van der Waals surface area contributed by atoms with Crippen molar-refractivity contribution in [1.82, 2.24) is 0 Å². The van der Waals surface area contributed by atoms with E-state index in [2.05, 4.69) is 4.74 Å². The van der Waals surface area contributed by atoms with Gasteiger partial charge in [-0.05, 0) is 6.92 Å². The lowest BCUT2D eigenvalue weighted by molar-refractivity contribution is -0.141. The molecule has 0 aliphatic rings. The molecular formula is C4H10ClNO2. The van der Waals surface area contributed by atoms with Crippen molar-refractivity contribution in [3.8, 4) is 0 Å². The average Bonchev–Trinajstić information content (AvgIpc) is 1.68. The second-order valence-electron chi connectivity index (χ2n) is 1.01. The smallest absolute Gasteiger partial charge is 0.319 e. The molecule has 0 saturated heterocycles. The van der Waals surface area contributed by atoms with Crippen LogP contribution in [0.2, 0.25) is 0 Å². The van der Waals surface area contributed by atoms with E-state index < -0.39 is 0 Å². The summed E-state index contributed by atoms with van der Waals surface area (Å²) in [7, 11) is 0.